The number of rotatable bonds is 9. The molecular formula is C14H22ClNO3S2. The lowest BCUT2D eigenvalue weighted by molar-refractivity contribution is 0.318. The molecule has 0 saturated carbocycles. The highest BCUT2D eigenvalue weighted by Gasteiger charge is 2.24. The second kappa shape index (κ2) is 8.88. The highest BCUT2D eigenvalue weighted by Crippen LogP contribution is 2.21. The van der Waals surface area contributed by atoms with Gasteiger partial charge in [0.05, 0.1) is 11.5 Å². The number of hydrogen-bond acceptors (Lipinski definition) is 4. The third-order valence-corrected chi connectivity index (χ3v) is 6.15. The fraction of sp³-hybridized carbons (Fsp3) is 0.571. The molecule has 0 bridgehead atoms. The van der Waals surface area contributed by atoms with Gasteiger partial charge in [0.25, 0.3) is 0 Å². The molecule has 0 N–H and O–H groups in total. The number of thioether (sulfide) groups is 1. The molecule has 0 aliphatic rings. The summed E-state index contributed by atoms with van der Waals surface area (Å²) >= 11 is 7.20. The van der Waals surface area contributed by atoms with E-state index in [9.17, 15) is 8.42 Å². The molecule has 1 atom stereocenters. The predicted molar refractivity (Wildman–Crippen MR) is 90.1 cm³/mol. The first-order valence-electron chi connectivity index (χ1n) is 6.69. The maximum Gasteiger partial charge on any atom is 0.243 e. The van der Waals surface area contributed by atoms with Crippen LogP contribution >= 0.6 is 23.4 Å². The molecule has 4 nitrogen and oxygen atoms in total. The molecule has 0 amide bonds. The van der Waals surface area contributed by atoms with Crippen molar-refractivity contribution in [1.29, 1.82) is 0 Å². The Bertz CT molecular complexity index is 520. The lowest BCUT2D eigenvalue weighted by Gasteiger charge is -2.23. The average Bonchev–Trinajstić information content (AvgIpc) is 2.47. The zero-order valence-electron chi connectivity index (χ0n) is 12.6. The van der Waals surface area contributed by atoms with Crippen molar-refractivity contribution in [2.45, 2.75) is 24.3 Å². The van der Waals surface area contributed by atoms with Crippen molar-refractivity contribution in [3.05, 3.63) is 24.3 Å². The van der Waals surface area contributed by atoms with E-state index in [0.29, 0.717) is 18.2 Å². The number of benzene rings is 1. The summed E-state index contributed by atoms with van der Waals surface area (Å²) in [6.45, 7) is 2.43. The third kappa shape index (κ3) is 5.36. The molecule has 7 heteroatoms. The smallest absolute Gasteiger partial charge is 0.243 e. The molecule has 1 aromatic rings. The number of nitrogens with zero attached hydrogens (tertiary/aromatic N) is 1. The van der Waals surface area contributed by atoms with E-state index in [1.54, 1.807) is 43.1 Å². The first-order chi connectivity index (χ1) is 9.93. The average molecular weight is 352 g/mol. The van der Waals surface area contributed by atoms with Gasteiger partial charge in [-0.3, -0.25) is 0 Å². The van der Waals surface area contributed by atoms with E-state index in [1.807, 2.05) is 13.2 Å². The molecule has 1 rings (SSSR count). The zero-order chi connectivity index (χ0) is 15.9. The molecule has 0 fully saturated rings. The summed E-state index contributed by atoms with van der Waals surface area (Å²) in [5, 5.41) is 0. The van der Waals surface area contributed by atoms with Gasteiger partial charge in [-0.25, -0.2) is 8.42 Å². The van der Waals surface area contributed by atoms with Gasteiger partial charge in [-0.1, -0.05) is 0 Å². The van der Waals surface area contributed by atoms with Crippen molar-refractivity contribution >= 4 is 33.4 Å². The van der Waals surface area contributed by atoms with Gasteiger partial charge in [-0.2, -0.15) is 16.1 Å². The van der Waals surface area contributed by atoms with E-state index in [2.05, 4.69) is 0 Å². The lowest BCUT2D eigenvalue weighted by atomic mass is 10.3. The van der Waals surface area contributed by atoms with E-state index < -0.39 is 10.0 Å². The monoisotopic (exact) mass is 351 g/mol. The normalized spacial score (nSPS) is 13.4. The quantitative estimate of drug-likeness (QED) is 0.506. The highest BCUT2D eigenvalue weighted by molar-refractivity contribution is 7.98. The minimum absolute atomic E-state index is 0.0513. The second-order valence-electron chi connectivity index (χ2n) is 4.69. The van der Waals surface area contributed by atoms with Crippen molar-refractivity contribution in [2.24, 2.45) is 0 Å². The molecule has 21 heavy (non-hydrogen) atoms. The summed E-state index contributed by atoms with van der Waals surface area (Å²) in [7, 11) is -1.85. The highest BCUT2D eigenvalue weighted by atomic mass is 35.5. The molecule has 0 aliphatic carbocycles. The zero-order valence-corrected chi connectivity index (χ0v) is 15.0. The molecule has 0 saturated heterocycles. The minimum atomic E-state index is -3.46. The molecule has 0 aromatic heterocycles. The van der Waals surface area contributed by atoms with Gasteiger partial charge in [0.1, 0.15) is 5.75 Å². The molecule has 0 heterocycles. The van der Waals surface area contributed by atoms with Gasteiger partial charge in [-0.05, 0) is 43.9 Å². The van der Waals surface area contributed by atoms with E-state index in [-0.39, 0.29) is 10.9 Å². The van der Waals surface area contributed by atoms with E-state index in [0.717, 1.165) is 12.2 Å². The van der Waals surface area contributed by atoms with Crippen LogP contribution in [0.4, 0.5) is 0 Å². The van der Waals surface area contributed by atoms with Crippen LogP contribution in [0.3, 0.4) is 0 Å². The van der Waals surface area contributed by atoms with Gasteiger partial charge in [-0.15, -0.1) is 11.6 Å². The van der Waals surface area contributed by atoms with Gasteiger partial charge in [0.2, 0.25) is 10.0 Å². The fourth-order valence-electron chi connectivity index (χ4n) is 1.70. The molecule has 0 aliphatic heterocycles. The van der Waals surface area contributed by atoms with Crippen LogP contribution in [0.15, 0.2) is 29.2 Å². The van der Waals surface area contributed by atoms with E-state index in [1.165, 1.54) is 4.31 Å². The van der Waals surface area contributed by atoms with Crippen LogP contribution in [0, 0.1) is 0 Å². The summed E-state index contributed by atoms with van der Waals surface area (Å²) in [5.41, 5.74) is 0. The fourth-order valence-corrected chi connectivity index (χ4v) is 3.97. The first kappa shape index (κ1) is 18.6. The van der Waals surface area contributed by atoms with Gasteiger partial charge >= 0.3 is 0 Å². The van der Waals surface area contributed by atoms with Crippen LogP contribution in [0.25, 0.3) is 0 Å². The van der Waals surface area contributed by atoms with Crippen LogP contribution in [0.2, 0.25) is 0 Å². The second-order valence-corrected chi connectivity index (χ2v) is 7.97. The Kier molecular flexibility index (Phi) is 7.87. The number of ether oxygens (including phenoxy) is 1. The Morgan fingerprint density at radius 1 is 1.33 bits per heavy atom. The van der Waals surface area contributed by atoms with Crippen LogP contribution in [-0.2, 0) is 10.0 Å². The van der Waals surface area contributed by atoms with E-state index >= 15 is 0 Å². The predicted octanol–water partition coefficient (Wildman–Crippen LogP) is 3.07. The van der Waals surface area contributed by atoms with Crippen LogP contribution < -0.4 is 4.74 Å². The Labute approximate surface area is 136 Å². The number of sulfonamides is 1. The van der Waals surface area contributed by atoms with Crippen molar-refractivity contribution in [3.63, 3.8) is 0 Å². The van der Waals surface area contributed by atoms with Crippen molar-refractivity contribution in [3.8, 4) is 5.75 Å². The van der Waals surface area contributed by atoms with Crippen molar-refractivity contribution in [2.75, 3.05) is 31.5 Å². The molecule has 1 unspecified atom stereocenters. The van der Waals surface area contributed by atoms with Crippen LogP contribution in [0.5, 0.6) is 5.75 Å². The Balaban J connectivity index is 2.79. The van der Waals surface area contributed by atoms with Crippen LogP contribution in [-0.4, -0.2) is 50.3 Å². The summed E-state index contributed by atoms with van der Waals surface area (Å²) in [6, 6.07) is 6.45. The van der Waals surface area contributed by atoms with Crippen LogP contribution in [0.1, 0.15) is 13.3 Å². The molecule has 0 radical (unpaired) electrons. The maximum atomic E-state index is 12.5. The molecule has 120 valence electrons. The number of hydrogen-bond donors (Lipinski definition) is 0. The third-order valence-electron chi connectivity index (χ3n) is 3.08. The molecule has 0 spiro atoms. The topological polar surface area (TPSA) is 46.6 Å². The molecular weight excluding hydrogens is 330 g/mol. The lowest BCUT2D eigenvalue weighted by Crippen LogP contribution is -2.36. The van der Waals surface area contributed by atoms with Gasteiger partial charge < -0.3 is 4.74 Å². The summed E-state index contributed by atoms with van der Waals surface area (Å²) in [5.74, 6) is 1.96. The Hall–Kier alpha value is -0.430. The number of alkyl halides is 1. The summed E-state index contributed by atoms with van der Waals surface area (Å²) < 4.78 is 31.8. The standard InChI is InChI=1S/C14H22ClNO3S2/c1-12(11-20-3)16(2)21(17,18)14-7-5-13(6-8-14)19-10-4-9-15/h5-8,12H,4,9-11H2,1-3H3. The molecule has 1 aromatic carbocycles. The van der Waals surface area contributed by atoms with Crippen molar-refractivity contribution in [1.82, 2.24) is 4.31 Å². The minimum Gasteiger partial charge on any atom is -0.494 e. The SMILES string of the molecule is CSCC(C)N(C)S(=O)(=O)c1ccc(OCCCCl)cc1. The van der Waals surface area contributed by atoms with Gasteiger partial charge in [0.15, 0.2) is 0 Å². The first-order valence-corrected chi connectivity index (χ1v) is 10.1. The number of halogens is 1. The summed E-state index contributed by atoms with van der Waals surface area (Å²) in [6.07, 6.45) is 2.72. The van der Waals surface area contributed by atoms with E-state index in [4.69, 9.17) is 16.3 Å². The van der Waals surface area contributed by atoms with Crippen molar-refractivity contribution < 1.29 is 13.2 Å². The summed E-state index contributed by atoms with van der Waals surface area (Å²) in [4.78, 5) is 0.280. The Morgan fingerprint density at radius 2 is 1.95 bits per heavy atom. The van der Waals surface area contributed by atoms with Gasteiger partial charge in [0, 0.05) is 24.7 Å². The largest absolute Gasteiger partial charge is 0.494 e. The maximum absolute atomic E-state index is 12.5. The Morgan fingerprint density at radius 3 is 2.48 bits per heavy atom.